The van der Waals surface area contributed by atoms with E-state index in [0.717, 1.165) is 21.8 Å². The van der Waals surface area contributed by atoms with Crippen molar-refractivity contribution in [3.05, 3.63) is 59.7 Å². The molecular formula is C15H12O2S. The molecule has 1 aliphatic rings. The summed E-state index contributed by atoms with van der Waals surface area (Å²) in [6.45, 7) is 0.556. The van der Waals surface area contributed by atoms with Crippen LogP contribution < -0.4 is 4.74 Å². The molecule has 0 aliphatic carbocycles. The molecule has 1 aliphatic heterocycles. The number of thioether (sulfide) groups is 1. The highest BCUT2D eigenvalue weighted by Gasteiger charge is 2.19. The minimum atomic E-state index is 0.213. The monoisotopic (exact) mass is 256 g/mol. The van der Waals surface area contributed by atoms with Gasteiger partial charge in [0.05, 0.1) is 0 Å². The zero-order valence-corrected chi connectivity index (χ0v) is 10.6. The SMILES string of the molecule is O=C1Cc2cc(OCc3ccccc3)ccc2S1. The number of rotatable bonds is 3. The van der Waals surface area contributed by atoms with Gasteiger partial charge in [-0.2, -0.15) is 0 Å². The van der Waals surface area contributed by atoms with Crippen molar-refractivity contribution in [1.82, 2.24) is 0 Å². The number of hydrogen-bond donors (Lipinski definition) is 0. The molecule has 0 spiro atoms. The topological polar surface area (TPSA) is 26.3 Å². The van der Waals surface area contributed by atoms with Crippen LogP contribution in [0.5, 0.6) is 5.75 Å². The molecule has 18 heavy (non-hydrogen) atoms. The van der Waals surface area contributed by atoms with Crippen molar-refractivity contribution in [3.63, 3.8) is 0 Å². The predicted molar refractivity (Wildman–Crippen MR) is 71.8 cm³/mol. The first-order valence-electron chi connectivity index (χ1n) is 5.81. The Hall–Kier alpha value is -1.74. The van der Waals surface area contributed by atoms with E-state index in [0.29, 0.717) is 13.0 Å². The lowest BCUT2D eigenvalue weighted by Crippen LogP contribution is -1.95. The number of carbonyl (C=O) groups is 1. The lowest BCUT2D eigenvalue weighted by molar-refractivity contribution is -0.110. The van der Waals surface area contributed by atoms with Gasteiger partial charge in [0, 0.05) is 11.3 Å². The van der Waals surface area contributed by atoms with Crippen LogP contribution in [-0.4, -0.2) is 5.12 Å². The summed E-state index contributed by atoms with van der Waals surface area (Å²) in [5.74, 6) is 0.827. The van der Waals surface area contributed by atoms with Crippen molar-refractivity contribution >= 4 is 16.9 Å². The van der Waals surface area contributed by atoms with Crippen LogP contribution in [0.1, 0.15) is 11.1 Å². The Morgan fingerprint density at radius 2 is 1.94 bits per heavy atom. The fourth-order valence-corrected chi connectivity index (χ4v) is 2.81. The third kappa shape index (κ3) is 2.41. The molecule has 0 N–H and O–H groups in total. The van der Waals surface area contributed by atoms with Gasteiger partial charge in [-0.3, -0.25) is 4.79 Å². The van der Waals surface area contributed by atoms with Crippen LogP contribution in [0.2, 0.25) is 0 Å². The van der Waals surface area contributed by atoms with Crippen LogP contribution in [-0.2, 0) is 17.8 Å². The molecule has 1 heterocycles. The van der Waals surface area contributed by atoms with Crippen molar-refractivity contribution in [3.8, 4) is 5.75 Å². The molecule has 2 aromatic carbocycles. The number of hydrogen-bond acceptors (Lipinski definition) is 3. The van der Waals surface area contributed by atoms with Gasteiger partial charge in [-0.15, -0.1) is 0 Å². The second-order valence-electron chi connectivity index (χ2n) is 4.19. The molecule has 0 atom stereocenters. The lowest BCUT2D eigenvalue weighted by Gasteiger charge is -2.07. The molecule has 0 amide bonds. The Bertz CT molecular complexity index is 578. The van der Waals surface area contributed by atoms with Crippen molar-refractivity contribution in [1.29, 1.82) is 0 Å². The number of carbonyl (C=O) groups excluding carboxylic acids is 1. The average molecular weight is 256 g/mol. The Balaban J connectivity index is 1.71. The van der Waals surface area contributed by atoms with Gasteiger partial charge in [0.2, 0.25) is 0 Å². The van der Waals surface area contributed by atoms with Gasteiger partial charge in [-0.25, -0.2) is 0 Å². The highest BCUT2D eigenvalue weighted by molar-refractivity contribution is 8.14. The zero-order valence-electron chi connectivity index (χ0n) is 9.76. The fraction of sp³-hybridized carbons (Fsp3) is 0.133. The summed E-state index contributed by atoms with van der Waals surface area (Å²) in [5.41, 5.74) is 2.22. The molecule has 0 saturated heterocycles. The standard InChI is InChI=1S/C15H12O2S/c16-15-9-12-8-13(6-7-14(12)18-15)17-10-11-4-2-1-3-5-11/h1-8H,9-10H2. The summed E-state index contributed by atoms with van der Waals surface area (Å²) in [5, 5.41) is 0.213. The maximum absolute atomic E-state index is 11.3. The molecule has 0 radical (unpaired) electrons. The molecular weight excluding hydrogens is 244 g/mol. The molecule has 0 unspecified atom stereocenters. The molecule has 90 valence electrons. The van der Waals surface area contributed by atoms with Crippen LogP contribution in [0.4, 0.5) is 0 Å². The highest BCUT2D eigenvalue weighted by atomic mass is 32.2. The first-order valence-corrected chi connectivity index (χ1v) is 6.63. The smallest absolute Gasteiger partial charge is 0.198 e. The lowest BCUT2D eigenvalue weighted by atomic mass is 10.1. The van der Waals surface area contributed by atoms with Gasteiger partial charge in [-0.05, 0) is 29.3 Å². The molecule has 0 saturated carbocycles. The largest absolute Gasteiger partial charge is 0.489 e. The van der Waals surface area contributed by atoms with E-state index in [1.807, 2.05) is 48.5 Å². The van der Waals surface area contributed by atoms with E-state index >= 15 is 0 Å². The Labute approximate surface area is 110 Å². The number of benzene rings is 2. The third-order valence-corrected chi connectivity index (χ3v) is 3.83. The summed E-state index contributed by atoms with van der Waals surface area (Å²) >= 11 is 1.32. The highest BCUT2D eigenvalue weighted by Crippen LogP contribution is 2.34. The third-order valence-electron chi connectivity index (χ3n) is 2.84. The van der Waals surface area contributed by atoms with E-state index < -0.39 is 0 Å². The molecule has 3 heteroatoms. The summed E-state index contributed by atoms with van der Waals surface area (Å²) in [6.07, 6.45) is 0.516. The van der Waals surface area contributed by atoms with Gasteiger partial charge >= 0.3 is 0 Å². The zero-order chi connectivity index (χ0) is 12.4. The minimum absolute atomic E-state index is 0.213. The van der Waals surface area contributed by atoms with Gasteiger partial charge in [0.15, 0.2) is 5.12 Å². The van der Waals surface area contributed by atoms with E-state index in [1.54, 1.807) is 0 Å². The predicted octanol–water partition coefficient (Wildman–Crippen LogP) is 3.44. The summed E-state index contributed by atoms with van der Waals surface area (Å²) in [6, 6.07) is 15.9. The summed E-state index contributed by atoms with van der Waals surface area (Å²) in [4.78, 5) is 12.4. The molecule has 2 aromatic rings. The van der Waals surface area contributed by atoms with Crippen LogP contribution in [0, 0.1) is 0 Å². The van der Waals surface area contributed by atoms with Gasteiger partial charge in [0.1, 0.15) is 12.4 Å². The second-order valence-corrected chi connectivity index (χ2v) is 5.29. The molecule has 0 aromatic heterocycles. The molecule has 2 nitrogen and oxygen atoms in total. The van der Waals surface area contributed by atoms with E-state index in [1.165, 1.54) is 11.8 Å². The van der Waals surface area contributed by atoms with Crippen molar-refractivity contribution < 1.29 is 9.53 Å². The van der Waals surface area contributed by atoms with Gasteiger partial charge < -0.3 is 4.74 Å². The van der Waals surface area contributed by atoms with Gasteiger partial charge in [-0.1, -0.05) is 42.1 Å². The average Bonchev–Trinajstić information content (AvgIpc) is 2.77. The Morgan fingerprint density at radius 1 is 1.11 bits per heavy atom. The normalized spacial score (nSPS) is 13.4. The maximum atomic E-state index is 11.3. The minimum Gasteiger partial charge on any atom is -0.489 e. The van der Waals surface area contributed by atoms with Crippen molar-refractivity contribution in [2.24, 2.45) is 0 Å². The van der Waals surface area contributed by atoms with E-state index in [2.05, 4.69) is 0 Å². The van der Waals surface area contributed by atoms with E-state index in [-0.39, 0.29) is 5.12 Å². The molecule has 0 bridgehead atoms. The quantitative estimate of drug-likeness (QED) is 0.841. The molecule has 0 fully saturated rings. The molecule has 3 rings (SSSR count). The first kappa shape index (κ1) is 11.4. The Morgan fingerprint density at radius 3 is 2.78 bits per heavy atom. The van der Waals surface area contributed by atoms with Crippen molar-refractivity contribution in [2.45, 2.75) is 17.9 Å². The van der Waals surface area contributed by atoms with E-state index in [9.17, 15) is 4.79 Å². The van der Waals surface area contributed by atoms with Crippen LogP contribution >= 0.6 is 11.8 Å². The van der Waals surface area contributed by atoms with Crippen LogP contribution in [0.25, 0.3) is 0 Å². The number of ether oxygens (including phenoxy) is 1. The van der Waals surface area contributed by atoms with Crippen molar-refractivity contribution in [2.75, 3.05) is 0 Å². The number of fused-ring (bicyclic) bond motifs is 1. The maximum Gasteiger partial charge on any atom is 0.198 e. The second kappa shape index (κ2) is 4.86. The van der Waals surface area contributed by atoms with Crippen LogP contribution in [0.3, 0.4) is 0 Å². The fourth-order valence-electron chi connectivity index (χ4n) is 1.94. The van der Waals surface area contributed by atoms with E-state index in [4.69, 9.17) is 4.74 Å². The first-order chi connectivity index (χ1) is 8.81. The van der Waals surface area contributed by atoms with Crippen LogP contribution in [0.15, 0.2) is 53.4 Å². The Kier molecular flexibility index (Phi) is 3.07. The summed E-state index contributed by atoms with van der Waals surface area (Å²) in [7, 11) is 0. The summed E-state index contributed by atoms with van der Waals surface area (Å²) < 4.78 is 5.73. The van der Waals surface area contributed by atoms with Gasteiger partial charge in [0.25, 0.3) is 0 Å².